The van der Waals surface area contributed by atoms with Crippen LogP contribution in [0.4, 0.5) is 0 Å². The topological polar surface area (TPSA) is 17.1 Å². The number of allylic oxidation sites excluding steroid dienone is 2. The van der Waals surface area contributed by atoms with Crippen LogP contribution >= 0.6 is 0 Å². The van der Waals surface area contributed by atoms with Crippen LogP contribution in [0.3, 0.4) is 0 Å². The molecule has 4 saturated carbocycles. The molecule has 1 heteroatoms. The molecule has 0 unspecified atom stereocenters. The molecule has 0 amide bonds. The predicted molar refractivity (Wildman–Crippen MR) is 95.1 cm³/mol. The molecule has 4 aliphatic carbocycles. The third-order valence-corrected chi connectivity index (χ3v) is 9.03. The number of ketones is 1. The molecule has 0 saturated heterocycles. The van der Waals surface area contributed by atoms with E-state index in [1.807, 2.05) is 0 Å². The van der Waals surface area contributed by atoms with Gasteiger partial charge >= 0.3 is 0 Å². The van der Waals surface area contributed by atoms with Gasteiger partial charge in [0.2, 0.25) is 0 Å². The van der Waals surface area contributed by atoms with E-state index >= 15 is 0 Å². The first-order valence-electron chi connectivity index (χ1n) is 10.2. The van der Waals surface area contributed by atoms with Crippen LogP contribution in [0.5, 0.6) is 0 Å². The molecule has 0 radical (unpaired) electrons. The third-order valence-electron chi connectivity index (χ3n) is 9.03. The summed E-state index contributed by atoms with van der Waals surface area (Å²) in [4.78, 5) is 12.0. The van der Waals surface area contributed by atoms with Crippen LogP contribution in [0.25, 0.3) is 0 Å². The number of hydrogen-bond donors (Lipinski definition) is 0. The van der Waals surface area contributed by atoms with Crippen molar-refractivity contribution < 1.29 is 4.79 Å². The Morgan fingerprint density at radius 3 is 2.65 bits per heavy atom. The number of Topliss-reactive ketones (excluding diaryl/α,β-unsaturated/α-hetero) is 1. The van der Waals surface area contributed by atoms with Gasteiger partial charge in [0.15, 0.2) is 0 Å². The Morgan fingerprint density at radius 2 is 1.91 bits per heavy atom. The Balaban J connectivity index is 1.67. The smallest absolute Gasteiger partial charge is 0.133 e. The highest BCUT2D eigenvalue weighted by Crippen LogP contribution is 2.67. The molecule has 0 aromatic rings. The zero-order chi connectivity index (χ0) is 16.2. The highest BCUT2D eigenvalue weighted by Gasteiger charge is 2.59. The molecule has 4 aliphatic rings. The van der Waals surface area contributed by atoms with Gasteiger partial charge in [0.05, 0.1) is 0 Å². The fourth-order valence-corrected chi connectivity index (χ4v) is 7.88. The zero-order valence-electron chi connectivity index (χ0n) is 15.4. The maximum absolute atomic E-state index is 12.0. The lowest BCUT2D eigenvalue weighted by Crippen LogP contribution is -2.54. The summed E-state index contributed by atoms with van der Waals surface area (Å²) in [6.45, 7) is 7.25. The van der Waals surface area contributed by atoms with Crippen molar-refractivity contribution in [3.8, 4) is 0 Å². The van der Waals surface area contributed by atoms with Gasteiger partial charge in [0.1, 0.15) is 5.78 Å². The molecule has 6 atom stereocenters. The Labute approximate surface area is 142 Å². The van der Waals surface area contributed by atoms with Crippen LogP contribution in [0.1, 0.15) is 85.0 Å². The normalized spacial score (nSPS) is 51.3. The molecule has 0 bridgehead atoms. The minimum atomic E-state index is 0.502. The lowest BCUT2D eigenvalue weighted by atomic mass is 9.44. The minimum Gasteiger partial charge on any atom is -0.300 e. The molecule has 128 valence electrons. The van der Waals surface area contributed by atoms with E-state index < -0.39 is 0 Å². The van der Waals surface area contributed by atoms with Gasteiger partial charge in [-0.3, -0.25) is 4.79 Å². The van der Waals surface area contributed by atoms with Crippen molar-refractivity contribution in [1.82, 2.24) is 0 Å². The van der Waals surface area contributed by atoms with Gasteiger partial charge in [0.25, 0.3) is 0 Å². The van der Waals surface area contributed by atoms with Crippen LogP contribution in [-0.4, -0.2) is 5.78 Å². The molecule has 4 rings (SSSR count). The highest BCUT2D eigenvalue weighted by atomic mass is 16.1. The first-order valence-corrected chi connectivity index (χ1v) is 10.2. The van der Waals surface area contributed by atoms with Crippen molar-refractivity contribution in [2.45, 2.75) is 85.0 Å². The molecule has 0 aliphatic heterocycles. The number of hydrogen-bond acceptors (Lipinski definition) is 1. The van der Waals surface area contributed by atoms with Gasteiger partial charge in [-0.05, 0) is 92.8 Å². The fraction of sp³-hybridized carbons (Fsp3) is 0.864. The lowest BCUT2D eigenvalue weighted by Gasteiger charge is -2.61. The highest BCUT2D eigenvalue weighted by molar-refractivity contribution is 5.79. The van der Waals surface area contributed by atoms with Crippen LogP contribution in [0, 0.1) is 34.5 Å². The molecule has 0 aromatic carbocycles. The zero-order valence-corrected chi connectivity index (χ0v) is 15.4. The summed E-state index contributed by atoms with van der Waals surface area (Å²) in [5.41, 5.74) is 2.77. The Hall–Kier alpha value is -0.590. The molecule has 0 aromatic heterocycles. The lowest BCUT2D eigenvalue weighted by molar-refractivity contribution is -0.140. The van der Waals surface area contributed by atoms with E-state index in [1.54, 1.807) is 5.57 Å². The van der Waals surface area contributed by atoms with Crippen LogP contribution in [0.2, 0.25) is 0 Å². The van der Waals surface area contributed by atoms with Gasteiger partial charge in [-0.2, -0.15) is 0 Å². The summed E-state index contributed by atoms with van der Waals surface area (Å²) in [5, 5.41) is 0. The Kier molecular flexibility index (Phi) is 3.78. The summed E-state index contributed by atoms with van der Waals surface area (Å²) in [6, 6.07) is 0. The second kappa shape index (κ2) is 5.46. The summed E-state index contributed by atoms with van der Waals surface area (Å²) in [7, 11) is 0. The molecular weight excluding hydrogens is 280 g/mol. The summed E-state index contributed by atoms with van der Waals surface area (Å²) < 4.78 is 0. The Bertz CT molecular complexity index is 532. The number of rotatable bonds is 1. The second-order valence-electron chi connectivity index (χ2n) is 9.29. The number of carbonyl (C=O) groups is 1. The number of carbonyl (C=O) groups excluding carboxylic acids is 1. The first-order chi connectivity index (χ1) is 11.0. The number of fused-ring (bicyclic) bond motifs is 5. The van der Waals surface area contributed by atoms with Crippen molar-refractivity contribution in [1.29, 1.82) is 0 Å². The van der Waals surface area contributed by atoms with Crippen LogP contribution in [-0.2, 0) is 4.79 Å². The van der Waals surface area contributed by atoms with Crippen molar-refractivity contribution >= 4 is 5.78 Å². The SMILES string of the molecule is CC=C1CC[C@H]2[C@@H]3CC[C@@H]4CC(=O)CC[C@]4(CC)[C@H]3CC[C@]12C. The van der Waals surface area contributed by atoms with Crippen molar-refractivity contribution in [3.63, 3.8) is 0 Å². The van der Waals surface area contributed by atoms with Crippen LogP contribution in [0.15, 0.2) is 11.6 Å². The maximum atomic E-state index is 12.0. The van der Waals surface area contributed by atoms with Gasteiger partial charge < -0.3 is 0 Å². The largest absolute Gasteiger partial charge is 0.300 e. The third kappa shape index (κ3) is 2.07. The van der Waals surface area contributed by atoms with Crippen molar-refractivity contribution in [2.24, 2.45) is 34.5 Å². The van der Waals surface area contributed by atoms with E-state index in [0.717, 1.165) is 30.6 Å². The van der Waals surface area contributed by atoms with Gasteiger partial charge in [-0.1, -0.05) is 25.5 Å². The van der Waals surface area contributed by atoms with E-state index in [0.29, 0.717) is 22.5 Å². The molecular formula is C22H34O. The Morgan fingerprint density at radius 1 is 1.09 bits per heavy atom. The van der Waals surface area contributed by atoms with Gasteiger partial charge in [-0.15, -0.1) is 0 Å². The van der Waals surface area contributed by atoms with E-state index in [9.17, 15) is 4.79 Å². The summed E-state index contributed by atoms with van der Waals surface area (Å²) in [6.07, 6.45) is 15.1. The van der Waals surface area contributed by atoms with Crippen LogP contribution < -0.4 is 0 Å². The molecule has 4 fully saturated rings. The van der Waals surface area contributed by atoms with E-state index in [1.165, 1.54) is 51.4 Å². The van der Waals surface area contributed by atoms with Crippen molar-refractivity contribution in [3.05, 3.63) is 11.6 Å². The summed E-state index contributed by atoms with van der Waals surface area (Å²) in [5.74, 6) is 4.04. The maximum Gasteiger partial charge on any atom is 0.133 e. The second-order valence-corrected chi connectivity index (χ2v) is 9.29. The minimum absolute atomic E-state index is 0.502. The quantitative estimate of drug-likeness (QED) is 0.548. The van der Waals surface area contributed by atoms with E-state index in [-0.39, 0.29) is 0 Å². The molecule has 1 nitrogen and oxygen atoms in total. The standard InChI is InChI=1S/C22H34O/c1-4-15-7-9-19-18-8-6-16-14-17(23)10-13-22(16,5-2)20(18)11-12-21(15,19)3/h4,16,18-20H,5-14H2,1-3H3/t16-,18+,19+,20+,21-,22+/m1/s1. The molecule has 23 heavy (non-hydrogen) atoms. The van der Waals surface area contributed by atoms with Crippen molar-refractivity contribution in [2.75, 3.05) is 0 Å². The first kappa shape index (κ1) is 15.9. The molecule has 0 spiro atoms. The predicted octanol–water partition coefficient (Wildman–Crippen LogP) is 5.93. The molecule has 0 N–H and O–H groups in total. The van der Waals surface area contributed by atoms with Gasteiger partial charge in [-0.25, -0.2) is 0 Å². The molecule has 0 heterocycles. The fourth-order valence-electron chi connectivity index (χ4n) is 7.88. The monoisotopic (exact) mass is 314 g/mol. The van der Waals surface area contributed by atoms with E-state index in [4.69, 9.17) is 0 Å². The average Bonchev–Trinajstić information content (AvgIpc) is 2.90. The average molecular weight is 315 g/mol. The van der Waals surface area contributed by atoms with Gasteiger partial charge in [0, 0.05) is 12.8 Å². The summed E-state index contributed by atoms with van der Waals surface area (Å²) >= 11 is 0. The van der Waals surface area contributed by atoms with E-state index in [2.05, 4.69) is 26.8 Å².